The SMILES string of the molecule is Cc1ncc2n1CC(=O)NC2. The van der Waals surface area contributed by atoms with Crippen LogP contribution in [0.3, 0.4) is 0 Å². The minimum atomic E-state index is 0.0681. The first-order chi connectivity index (χ1) is 5.27. The molecule has 0 bridgehead atoms. The molecule has 1 aromatic rings. The number of amides is 1. The number of imidazole rings is 1. The lowest BCUT2D eigenvalue weighted by molar-refractivity contribution is -0.122. The van der Waals surface area contributed by atoms with Crippen molar-refractivity contribution in [2.24, 2.45) is 0 Å². The van der Waals surface area contributed by atoms with E-state index in [-0.39, 0.29) is 5.91 Å². The summed E-state index contributed by atoms with van der Waals surface area (Å²) in [6, 6.07) is 0. The van der Waals surface area contributed by atoms with Gasteiger partial charge in [-0.15, -0.1) is 0 Å². The van der Waals surface area contributed by atoms with Crippen molar-refractivity contribution in [1.29, 1.82) is 0 Å². The van der Waals surface area contributed by atoms with Crippen molar-refractivity contribution < 1.29 is 4.79 Å². The number of carbonyl (C=O) groups is 1. The average Bonchev–Trinajstić information content (AvgIpc) is 2.33. The van der Waals surface area contributed by atoms with E-state index in [1.54, 1.807) is 6.20 Å². The lowest BCUT2D eigenvalue weighted by Crippen LogP contribution is -2.34. The maximum atomic E-state index is 10.9. The smallest absolute Gasteiger partial charge is 0.240 e. The number of rotatable bonds is 0. The van der Waals surface area contributed by atoms with Crippen LogP contribution in [0.4, 0.5) is 0 Å². The van der Waals surface area contributed by atoms with Crippen molar-refractivity contribution in [1.82, 2.24) is 14.9 Å². The third-order valence-electron chi connectivity index (χ3n) is 1.91. The van der Waals surface area contributed by atoms with E-state index in [0.717, 1.165) is 11.5 Å². The third-order valence-corrected chi connectivity index (χ3v) is 1.91. The summed E-state index contributed by atoms with van der Waals surface area (Å²) in [6.07, 6.45) is 1.80. The zero-order valence-electron chi connectivity index (χ0n) is 6.29. The molecule has 0 radical (unpaired) electrons. The Hall–Kier alpha value is -1.32. The molecule has 11 heavy (non-hydrogen) atoms. The standard InChI is InChI=1S/C7H9N3O/c1-5-8-2-6-3-9-7(11)4-10(5)6/h2H,3-4H2,1H3,(H,9,11). The second-order valence-corrected chi connectivity index (χ2v) is 2.66. The van der Waals surface area contributed by atoms with E-state index in [0.29, 0.717) is 13.1 Å². The topological polar surface area (TPSA) is 46.9 Å². The van der Waals surface area contributed by atoms with E-state index in [4.69, 9.17) is 0 Å². The molecular weight excluding hydrogens is 142 g/mol. The van der Waals surface area contributed by atoms with Crippen molar-refractivity contribution in [3.8, 4) is 0 Å². The Kier molecular flexibility index (Phi) is 1.21. The van der Waals surface area contributed by atoms with Crippen LogP contribution in [-0.2, 0) is 17.9 Å². The maximum Gasteiger partial charge on any atom is 0.240 e. The van der Waals surface area contributed by atoms with Gasteiger partial charge in [-0.3, -0.25) is 4.79 Å². The van der Waals surface area contributed by atoms with E-state index in [1.165, 1.54) is 0 Å². The molecule has 0 saturated carbocycles. The molecule has 1 aliphatic heterocycles. The molecule has 58 valence electrons. The fraction of sp³-hybridized carbons (Fsp3) is 0.429. The van der Waals surface area contributed by atoms with Gasteiger partial charge in [-0.2, -0.15) is 0 Å². The Morgan fingerprint density at radius 3 is 3.36 bits per heavy atom. The number of nitrogens with zero attached hydrogens (tertiary/aromatic N) is 2. The summed E-state index contributed by atoms with van der Waals surface area (Å²) in [5.41, 5.74) is 1.09. The Labute approximate surface area is 64.2 Å². The molecule has 4 heteroatoms. The van der Waals surface area contributed by atoms with Gasteiger partial charge in [-0.1, -0.05) is 0 Å². The van der Waals surface area contributed by atoms with Crippen molar-refractivity contribution in [2.45, 2.75) is 20.0 Å². The molecule has 1 aliphatic rings. The van der Waals surface area contributed by atoms with E-state index < -0.39 is 0 Å². The van der Waals surface area contributed by atoms with Crippen LogP contribution in [0.15, 0.2) is 6.20 Å². The monoisotopic (exact) mass is 151 g/mol. The second-order valence-electron chi connectivity index (χ2n) is 2.66. The number of aromatic nitrogens is 2. The molecule has 1 aromatic heterocycles. The highest BCUT2D eigenvalue weighted by Gasteiger charge is 2.15. The van der Waals surface area contributed by atoms with Gasteiger partial charge in [0, 0.05) is 0 Å². The highest BCUT2D eigenvalue weighted by Crippen LogP contribution is 2.07. The Bertz CT molecular complexity index is 303. The fourth-order valence-electron chi connectivity index (χ4n) is 1.26. The van der Waals surface area contributed by atoms with Crippen molar-refractivity contribution >= 4 is 5.91 Å². The predicted octanol–water partition coefficient (Wildman–Crippen LogP) is -0.179. The zero-order chi connectivity index (χ0) is 7.84. The molecular formula is C7H9N3O. The summed E-state index contributed by atoms with van der Waals surface area (Å²) in [6.45, 7) is 2.93. The number of nitrogens with one attached hydrogen (secondary N) is 1. The largest absolute Gasteiger partial charge is 0.349 e. The van der Waals surface area contributed by atoms with Gasteiger partial charge in [0.1, 0.15) is 12.4 Å². The van der Waals surface area contributed by atoms with Crippen LogP contribution in [0.5, 0.6) is 0 Å². The van der Waals surface area contributed by atoms with Gasteiger partial charge >= 0.3 is 0 Å². The molecule has 0 fully saturated rings. The van der Waals surface area contributed by atoms with E-state index in [9.17, 15) is 4.79 Å². The van der Waals surface area contributed by atoms with Crippen LogP contribution in [-0.4, -0.2) is 15.5 Å². The van der Waals surface area contributed by atoms with Crippen LogP contribution in [0.2, 0.25) is 0 Å². The van der Waals surface area contributed by atoms with Gasteiger partial charge in [0.15, 0.2) is 0 Å². The summed E-state index contributed by atoms with van der Waals surface area (Å²) in [5, 5.41) is 2.75. The summed E-state index contributed by atoms with van der Waals surface area (Å²) in [7, 11) is 0. The molecule has 0 aliphatic carbocycles. The lowest BCUT2D eigenvalue weighted by atomic mass is 10.3. The highest BCUT2D eigenvalue weighted by molar-refractivity contribution is 5.76. The van der Waals surface area contributed by atoms with Gasteiger partial charge in [-0.05, 0) is 6.92 Å². The second kappa shape index (κ2) is 2.08. The Balaban J connectivity index is 2.45. The summed E-state index contributed by atoms with van der Waals surface area (Å²) >= 11 is 0. The van der Waals surface area contributed by atoms with Crippen LogP contribution >= 0.6 is 0 Å². The fourth-order valence-corrected chi connectivity index (χ4v) is 1.26. The Morgan fingerprint density at radius 1 is 1.73 bits per heavy atom. The normalized spacial score (nSPS) is 15.9. The van der Waals surface area contributed by atoms with Crippen LogP contribution in [0.25, 0.3) is 0 Å². The van der Waals surface area contributed by atoms with Crippen LogP contribution in [0, 0.1) is 6.92 Å². The quantitative estimate of drug-likeness (QED) is 0.559. The van der Waals surface area contributed by atoms with Gasteiger partial charge in [0.05, 0.1) is 18.4 Å². The van der Waals surface area contributed by atoms with Gasteiger partial charge in [0.2, 0.25) is 5.91 Å². The molecule has 2 heterocycles. The first-order valence-corrected chi connectivity index (χ1v) is 3.55. The highest BCUT2D eigenvalue weighted by atomic mass is 16.2. The number of carbonyl (C=O) groups excluding carboxylic acids is 1. The van der Waals surface area contributed by atoms with E-state index in [2.05, 4.69) is 10.3 Å². The molecule has 0 saturated heterocycles. The average molecular weight is 151 g/mol. The molecule has 1 N–H and O–H groups in total. The summed E-state index contributed by atoms with van der Waals surface area (Å²) in [4.78, 5) is 15.0. The zero-order valence-corrected chi connectivity index (χ0v) is 6.29. The summed E-state index contributed by atoms with van der Waals surface area (Å²) in [5.74, 6) is 0.980. The maximum absolute atomic E-state index is 10.9. The molecule has 0 unspecified atom stereocenters. The van der Waals surface area contributed by atoms with Gasteiger partial charge in [-0.25, -0.2) is 4.98 Å². The molecule has 0 aromatic carbocycles. The Morgan fingerprint density at radius 2 is 2.55 bits per heavy atom. The van der Waals surface area contributed by atoms with Gasteiger partial charge < -0.3 is 9.88 Å². The van der Waals surface area contributed by atoms with Crippen molar-refractivity contribution in [3.63, 3.8) is 0 Å². The minimum Gasteiger partial charge on any atom is -0.349 e. The van der Waals surface area contributed by atoms with Crippen molar-refractivity contribution in [3.05, 3.63) is 17.7 Å². The van der Waals surface area contributed by atoms with Crippen LogP contribution in [0.1, 0.15) is 11.5 Å². The van der Waals surface area contributed by atoms with Gasteiger partial charge in [0.25, 0.3) is 0 Å². The first kappa shape index (κ1) is 6.39. The lowest BCUT2D eigenvalue weighted by Gasteiger charge is -2.15. The third kappa shape index (κ3) is 0.906. The number of aryl methyl sites for hydroxylation is 1. The molecule has 1 amide bonds. The van der Waals surface area contributed by atoms with Crippen LogP contribution < -0.4 is 5.32 Å². The molecule has 0 spiro atoms. The molecule has 4 nitrogen and oxygen atoms in total. The first-order valence-electron chi connectivity index (χ1n) is 3.55. The van der Waals surface area contributed by atoms with E-state index >= 15 is 0 Å². The molecule has 0 atom stereocenters. The van der Waals surface area contributed by atoms with Crippen molar-refractivity contribution in [2.75, 3.05) is 0 Å². The predicted molar refractivity (Wildman–Crippen MR) is 38.8 cm³/mol. The molecule has 2 rings (SSSR count). The number of hydrogen-bond donors (Lipinski definition) is 1. The number of fused-ring (bicyclic) bond motifs is 1. The van der Waals surface area contributed by atoms with E-state index in [1.807, 2.05) is 11.5 Å². The number of hydrogen-bond acceptors (Lipinski definition) is 2. The minimum absolute atomic E-state index is 0.0681. The summed E-state index contributed by atoms with van der Waals surface area (Å²) < 4.78 is 1.93.